The largest absolute Gasteiger partial charge is 0.299 e. The van der Waals surface area contributed by atoms with Crippen LogP contribution < -0.4 is 11.0 Å². The SMILES string of the molecule is O=CC1n2c3c4cc5ccccc5cc4c2N=C2N=C(N=c4c5cc6ccccc6cc5c(n41)=NC1=NC(=N3)c3cc4ccccc4cc31)c1cc3ccccc3cc12. The summed E-state index contributed by atoms with van der Waals surface area (Å²) in [7, 11) is 0. The first-order valence-electron chi connectivity index (χ1n) is 19.6. The van der Waals surface area contributed by atoms with Gasteiger partial charge in [-0.1, -0.05) is 97.1 Å². The van der Waals surface area contributed by atoms with Crippen molar-refractivity contribution in [1.29, 1.82) is 0 Å². The summed E-state index contributed by atoms with van der Waals surface area (Å²) >= 11 is 0. The number of amidine groups is 4. The zero-order valence-electron chi connectivity index (χ0n) is 31.0. The van der Waals surface area contributed by atoms with Gasteiger partial charge in [0.05, 0.1) is 0 Å². The summed E-state index contributed by atoms with van der Waals surface area (Å²) < 4.78 is 3.90. The van der Waals surface area contributed by atoms with Crippen LogP contribution in [0.4, 0.5) is 11.6 Å². The van der Waals surface area contributed by atoms with Crippen molar-refractivity contribution in [1.82, 2.24) is 9.13 Å². The van der Waals surface area contributed by atoms with Crippen LogP contribution in [0.25, 0.3) is 64.6 Å². The van der Waals surface area contributed by atoms with E-state index < -0.39 is 6.17 Å². The van der Waals surface area contributed by atoms with Crippen molar-refractivity contribution in [2.24, 2.45) is 30.0 Å². The molecule has 9 heteroatoms. The lowest BCUT2D eigenvalue weighted by Crippen LogP contribution is -2.37. The van der Waals surface area contributed by atoms with E-state index >= 15 is 0 Å². The van der Waals surface area contributed by atoms with Crippen molar-refractivity contribution >= 4 is 106 Å². The van der Waals surface area contributed by atoms with Crippen molar-refractivity contribution < 1.29 is 4.79 Å². The van der Waals surface area contributed by atoms with Crippen molar-refractivity contribution in [3.63, 3.8) is 0 Å². The smallest absolute Gasteiger partial charge is 0.172 e. The van der Waals surface area contributed by atoms with Gasteiger partial charge in [0.2, 0.25) is 0 Å². The van der Waals surface area contributed by atoms with E-state index in [2.05, 4.69) is 97.1 Å². The molecule has 0 N–H and O–H groups in total. The zero-order valence-corrected chi connectivity index (χ0v) is 31.0. The Morgan fingerprint density at radius 2 is 0.661 bits per heavy atom. The number of aromatic nitrogens is 2. The van der Waals surface area contributed by atoms with E-state index in [1.807, 2.05) is 57.7 Å². The number of benzene rings is 8. The molecule has 0 fully saturated rings. The highest BCUT2D eigenvalue weighted by molar-refractivity contribution is 6.27. The van der Waals surface area contributed by atoms with Crippen LogP contribution in [0.15, 0.2) is 176 Å². The van der Waals surface area contributed by atoms with Crippen molar-refractivity contribution in [2.45, 2.75) is 6.17 Å². The van der Waals surface area contributed by atoms with Crippen molar-refractivity contribution in [3.05, 3.63) is 179 Å². The predicted octanol–water partition coefficient (Wildman–Crippen LogP) is 9.40. The van der Waals surface area contributed by atoms with Crippen LogP contribution in [0.5, 0.6) is 0 Å². The van der Waals surface area contributed by atoms with Crippen molar-refractivity contribution in [3.8, 4) is 0 Å². The fourth-order valence-corrected chi connectivity index (χ4v) is 9.54. The van der Waals surface area contributed by atoms with E-state index in [-0.39, 0.29) is 0 Å². The molecular weight excluding hydrogens is 729 g/mol. The minimum Gasteiger partial charge on any atom is -0.299 e. The van der Waals surface area contributed by atoms with Crippen LogP contribution in [-0.2, 0) is 4.79 Å². The number of fused-ring (bicyclic) bond motifs is 18. The van der Waals surface area contributed by atoms with Gasteiger partial charge < -0.3 is 0 Å². The lowest BCUT2D eigenvalue weighted by Gasteiger charge is -2.19. The monoisotopic (exact) mass is 754 g/mol. The molecule has 9 nitrogen and oxygen atoms in total. The van der Waals surface area contributed by atoms with Gasteiger partial charge in [-0.2, -0.15) is 0 Å². The van der Waals surface area contributed by atoms with Gasteiger partial charge in [0.15, 0.2) is 35.8 Å². The molecule has 0 spiro atoms. The Morgan fingerprint density at radius 3 is 1.00 bits per heavy atom. The van der Waals surface area contributed by atoms with Crippen LogP contribution in [-0.4, -0.2) is 38.8 Å². The van der Waals surface area contributed by atoms with Gasteiger partial charge >= 0.3 is 0 Å². The van der Waals surface area contributed by atoms with Crippen LogP contribution >= 0.6 is 0 Å². The van der Waals surface area contributed by atoms with Gasteiger partial charge in [0.25, 0.3) is 0 Å². The number of carbonyl (C=O) groups excluding carboxylic acids is 1. The molecule has 4 aliphatic rings. The third-order valence-corrected chi connectivity index (χ3v) is 12.3. The summed E-state index contributed by atoms with van der Waals surface area (Å²) in [6, 6.07) is 50.3. The number of aldehydes is 1. The van der Waals surface area contributed by atoms with E-state index in [4.69, 9.17) is 30.0 Å². The molecule has 1 atom stereocenters. The zero-order chi connectivity index (χ0) is 38.5. The molecule has 59 heavy (non-hydrogen) atoms. The number of nitrogens with zero attached hydrogens (tertiary/aromatic N) is 8. The first kappa shape index (κ1) is 31.0. The summed E-state index contributed by atoms with van der Waals surface area (Å²) in [4.78, 5) is 46.5. The van der Waals surface area contributed by atoms with E-state index in [0.717, 1.165) is 93.2 Å². The Kier molecular flexibility index (Phi) is 5.79. The Labute approximate surface area is 333 Å². The minimum absolute atomic E-state index is 0.520. The molecule has 272 valence electrons. The second kappa shape index (κ2) is 11.0. The number of rotatable bonds is 1. The van der Waals surface area contributed by atoms with E-state index in [9.17, 15) is 4.79 Å². The fourth-order valence-electron chi connectivity index (χ4n) is 9.54. The number of aliphatic imine (C=N–C) groups is 4. The highest BCUT2D eigenvalue weighted by Gasteiger charge is 2.34. The minimum atomic E-state index is -1.00. The van der Waals surface area contributed by atoms with Gasteiger partial charge in [0, 0.05) is 43.8 Å². The second-order valence-corrected chi connectivity index (χ2v) is 15.5. The van der Waals surface area contributed by atoms with Crippen LogP contribution in [0.3, 0.4) is 0 Å². The summed E-state index contributed by atoms with van der Waals surface area (Å²) in [6.07, 6.45) is -0.0416. The lowest BCUT2D eigenvalue weighted by atomic mass is 10.0. The standard InChI is InChI=1S/C50H26N8O/c59-25-42-57-47-38-21-30-13-5-6-14-31(30)22-39(38)49(57)55-45-36-19-28-11-3-4-12-29(28)20-37(36)46(52-45)56-50-41-24-33-16-8-7-15-32(33)23-40(41)48(58(42)50)54-44-35-18-27-10-2-1-9-26(27)17-34(35)43(51-44)53-47/h1-25,42H. The molecule has 0 aliphatic carbocycles. The quantitative estimate of drug-likeness (QED) is 0.153. The predicted molar refractivity (Wildman–Crippen MR) is 235 cm³/mol. The molecule has 0 radical (unpaired) electrons. The summed E-state index contributed by atoms with van der Waals surface area (Å²) in [6.45, 7) is 0. The highest BCUT2D eigenvalue weighted by atomic mass is 16.1. The van der Waals surface area contributed by atoms with E-state index in [1.165, 1.54) is 0 Å². The maximum atomic E-state index is 14.2. The maximum absolute atomic E-state index is 14.2. The fraction of sp³-hybridized carbons (Fsp3) is 0.0200. The third-order valence-electron chi connectivity index (χ3n) is 12.3. The Hall–Kier alpha value is -8.17. The lowest BCUT2D eigenvalue weighted by molar-refractivity contribution is -0.111. The average Bonchev–Trinajstić information content (AvgIpc) is 3.96. The summed E-state index contributed by atoms with van der Waals surface area (Å²) in [5.74, 6) is 3.20. The van der Waals surface area contributed by atoms with Crippen LogP contribution in [0, 0.1) is 0 Å². The molecule has 0 amide bonds. The molecule has 8 aromatic carbocycles. The van der Waals surface area contributed by atoms with Gasteiger partial charge in [-0.15, -0.1) is 0 Å². The second-order valence-electron chi connectivity index (χ2n) is 15.5. The Morgan fingerprint density at radius 1 is 0.356 bits per heavy atom. The summed E-state index contributed by atoms with van der Waals surface area (Å²) in [5.41, 5.74) is 4.60. The molecule has 4 aliphatic heterocycles. The molecule has 0 saturated carbocycles. The Balaban J connectivity index is 1.25. The first-order valence-corrected chi connectivity index (χ1v) is 19.6. The molecule has 0 saturated heterocycles. The number of hydrogen-bond donors (Lipinski definition) is 0. The maximum Gasteiger partial charge on any atom is 0.172 e. The number of carbonyl (C=O) groups is 1. The topological polar surface area (TPSA) is 101 Å². The summed E-state index contributed by atoms with van der Waals surface area (Å²) in [5, 5.41) is 11.8. The third kappa shape index (κ3) is 4.15. The first-order chi connectivity index (χ1) is 29.1. The molecule has 1 unspecified atom stereocenters. The van der Waals surface area contributed by atoms with Crippen LogP contribution in [0.1, 0.15) is 28.4 Å². The molecule has 6 bridgehead atoms. The molecule has 2 aromatic heterocycles. The number of hydrogen-bond acceptors (Lipinski definition) is 7. The molecule has 14 rings (SSSR count). The van der Waals surface area contributed by atoms with Gasteiger partial charge in [-0.3, -0.25) is 13.9 Å². The molecular formula is C50H26N8O. The molecule has 6 heterocycles. The molecule has 10 aromatic rings. The van der Waals surface area contributed by atoms with Crippen molar-refractivity contribution in [2.75, 3.05) is 0 Å². The van der Waals surface area contributed by atoms with Gasteiger partial charge in [-0.05, 0) is 91.6 Å². The van der Waals surface area contributed by atoms with Gasteiger partial charge in [-0.25, -0.2) is 30.0 Å². The van der Waals surface area contributed by atoms with E-state index in [0.29, 0.717) is 46.0 Å². The van der Waals surface area contributed by atoms with Gasteiger partial charge in [0.1, 0.15) is 22.6 Å². The van der Waals surface area contributed by atoms with Crippen LogP contribution in [0.2, 0.25) is 0 Å². The average molecular weight is 755 g/mol. The highest BCUT2D eigenvalue weighted by Crippen LogP contribution is 2.45. The van der Waals surface area contributed by atoms with E-state index in [1.54, 1.807) is 0 Å². The normalized spacial score (nSPS) is 16.0. The Bertz CT molecular complexity index is 3690.